The third-order valence-electron chi connectivity index (χ3n) is 4.24. The minimum absolute atomic E-state index is 0.0467. The van der Waals surface area contributed by atoms with E-state index in [0.717, 1.165) is 0 Å². The van der Waals surface area contributed by atoms with E-state index in [9.17, 15) is 22.7 Å². The zero-order valence-electron chi connectivity index (χ0n) is 13.8. The highest BCUT2D eigenvalue weighted by atomic mass is 35.5. The van der Waals surface area contributed by atoms with Gasteiger partial charge in [-0.1, -0.05) is 11.8 Å². The van der Waals surface area contributed by atoms with Crippen molar-refractivity contribution in [1.82, 2.24) is 26.0 Å². The van der Waals surface area contributed by atoms with Crippen molar-refractivity contribution in [2.45, 2.75) is 41.5 Å². The number of fused-ring (bicyclic) bond motifs is 1. The van der Waals surface area contributed by atoms with Crippen LogP contribution in [0, 0.1) is 0 Å². The first-order valence-corrected chi connectivity index (χ1v) is 9.22. The fraction of sp³-hybridized carbons (Fsp3) is 0.846. The molecule has 4 N–H and O–H groups in total. The van der Waals surface area contributed by atoms with Gasteiger partial charge in [0.2, 0.25) is 0 Å². The molecule has 4 atom stereocenters. The number of nitrogens with zero attached hydrogens (tertiary/aromatic N) is 2. The van der Waals surface area contributed by atoms with Crippen LogP contribution in [0.25, 0.3) is 0 Å². The van der Waals surface area contributed by atoms with Crippen LogP contribution < -0.4 is 16.1 Å². The molecule has 2 fully saturated rings. The summed E-state index contributed by atoms with van der Waals surface area (Å²) in [7, 11) is 1.54. The molecule has 2 saturated heterocycles. The van der Waals surface area contributed by atoms with E-state index in [-0.39, 0.29) is 29.9 Å². The van der Waals surface area contributed by atoms with Gasteiger partial charge in [-0.3, -0.25) is 15.2 Å². The Morgan fingerprint density at radius 1 is 1.46 bits per heavy atom. The molecule has 3 heterocycles. The molecule has 0 amide bonds. The number of aliphatic hydroxyl groups excluding tert-OH is 1. The minimum Gasteiger partial charge on any atom is -0.382 e. The molecule has 0 aromatic carbocycles. The summed E-state index contributed by atoms with van der Waals surface area (Å²) >= 11 is 6.33. The first kappa shape index (κ1) is 20.2. The summed E-state index contributed by atoms with van der Waals surface area (Å²) in [6, 6.07) is -0.750. The molecule has 0 aromatic rings. The van der Waals surface area contributed by atoms with E-state index in [1.807, 2.05) is 0 Å². The second-order valence-electron chi connectivity index (χ2n) is 6.22. The fourth-order valence-electron chi connectivity index (χ4n) is 3.21. The Labute approximate surface area is 157 Å². The number of rotatable bonds is 7. The summed E-state index contributed by atoms with van der Waals surface area (Å²) in [6.45, 7) is 0.392. The van der Waals surface area contributed by atoms with Crippen LogP contribution in [0.2, 0.25) is 0 Å². The fourth-order valence-corrected chi connectivity index (χ4v) is 4.60. The molecule has 13 heteroatoms. The number of hydrazine groups is 1. The lowest BCUT2D eigenvalue weighted by atomic mass is 10.2. The summed E-state index contributed by atoms with van der Waals surface area (Å²) < 4.78 is 57.8. The number of ether oxygens (including phenoxy) is 1. The molecule has 0 radical (unpaired) electrons. The van der Waals surface area contributed by atoms with E-state index in [1.165, 1.54) is 16.7 Å². The maximum atomic E-state index is 13.4. The number of thioether (sulfide) groups is 1. The highest BCUT2D eigenvalue weighted by Gasteiger charge is 2.45. The van der Waals surface area contributed by atoms with Crippen molar-refractivity contribution in [3.63, 3.8) is 0 Å². The number of hydrogen-bond donors (Lipinski definition) is 4. The van der Waals surface area contributed by atoms with Crippen molar-refractivity contribution in [2.24, 2.45) is 0 Å². The van der Waals surface area contributed by atoms with Crippen molar-refractivity contribution in [3.05, 3.63) is 11.4 Å². The summed E-state index contributed by atoms with van der Waals surface area (Å²) in [5, 5.41) is 13.5. The molecule has 0 spiro atoms. The van der Waals surface area contributed by atoms with E-state index in [4.69, 9.17) is 16.3 Å². The van der Waals surface area contributed by atoms with Gasteiger partial charge in [-0.05, 0) is 11.6 Å². The van der Waals surface area contributed by atoms with E-state index in [2.05, 4.69) is 16.1 Å². The van der Waals surface area contributed by atoms with Crippen LogP contribution in [0.5, 0.6) is 0 Å². The van der Waals surface area contributed by atoms with E-state index < -0.39 is 36.1 Å². The zero-order valence-corrected chi connectivity index (χ0v) is 15.3. The van der Waals surface area contributed by atoms with Crippen LogP contribution in [0.4, 0.5) is 17.6 Å². The smallest absolute Gasteiger partial charge is 0.323 e. The average molecular weight is 422 g/mol. The standard InChI is InChI=1S/C13H20ClF4N5O2S/c1-25-5-8-21-23-7(9(10(15)16)20-12(23)26-8)4-22-3-6(19-11(22)24)2-13(14,17)18/h6,8,10-12,19-21,24H,2-5H2,1H3. The van der Waals surface area contributed by atoms with Gasteiger partial charge in [-0.2, -0.15) is 8.78 Å². The normalized spacial score (nSPS) is 32.7. The molecular weight excluding hydrogens is 402 g/mol. The highest BCUT2D eigenvalue weighted by molar-refractivity contribution is 8.00. The number of allylic oxidation sites excluding steroid dienone is 1. The third kappa shape index (κ3) is 4.49. The maximum absolute atomic E-state index is 13.4. The van der Waals surface area contributed by atoms with Gasteiger partial charge in [0.05, 0.1) is 17.7 Å². The number of aliphatic hydroxyl groups is 1. The summed E-state index contributed by atoms with van der Waals surface area (Å²) in [5.74, 6) is 0. The Morgan fingerprint density at radius 2 is 2.19 bits per heavy atom. The molecule has 0 aromatic heterocycles. The van der Waals surface area contributed by atoms with Crippen molar-refractivity contribution in [2.75, 3.05) is 26.8 Å². The molecule has 3 aliphatic rings. The zero-order chi connectivity index (χ0) is 19.1. The van der Waals surface area contributed by atoms with Gasteiger partial charge in [-0.25, -0.2) is 14.2 Å². The van der Waals surface area contributed by atoms with Crippen LogP contribution in [-0.2, 0) is 4.74 Å². The molecule has 3 rings (SSSR count). The number of nitrogens with one attached hydrogen (secondary N) is 3. The second-order valence-corrected chi connectivity index (χ2v) is 8.06. The topological polar surface area (TPSA) is 72.0 Å². The third-order valence-corrected chi connectivity index (χ3v) is 5.55. The predicted octanol–water partition coefficient (Wildman–Crippen LogP) is 0.647. The lowest BCUT2D eigenvalue weighted by molar-refractivity contribution is 0.0206. The number of hydrogen-bond acceptors (Lipinski definition) is 8. The van der Waals surface area contributed by atoms with Gasteiger partial charge >= 0.3 is 5.38 Å². The van der Waals surface area contributed by atoms with Gasteiger partial charge in [0.15, 0.2) is 11.8 Å². The van der Waals surface area contributed by atoms with Crippen LogP contribution in [-0.4, -0.2) is 76.9 Å². The van der Waals surface area contributed by atoms with Gasteiger partial charge < -0.3 is 15.2 Å². The molecule has 150 valence electrons. The van der Waals surface area contributed by atoms with Gasteiger partial charge in [0.25, 0.3) is 6.43 Å². The van der Waals surface area contributed by atoms with E-state index >= 15 is 0 Å². The Hall–Kier alpha value is -0.500. The highest BCUT2D eigenvalue weighted by Crippen LogP contribution is 2.36. The number of halogens is 5. The monoisotopic (exact) mass is 421 g/mol. The summed E-state index contributed by atoms with van der Waals surface area (Å²) in [5.41, 5.74) is 2.66. The summed E-state index contributed by atoms with van der Waals surface area (Å²) in [6.07, 6.45) is -4.62. The lowest BCUT2D eigenvalue weighted by Crippen LogP contribution is -2.44. The minimum atomic E-state index is -3.40. The summed E-state index contributed by atoms with van der Waals surface area (Å²) in [4.78, 5) is 1.41. The molecule has 7 nitrogen and oxygen atoms in total. The van der Waals surface area contributed by atoms with Crippen molar-refractivity contribution >= 4 is 23.4 Å². The SMILES string of the molecule is COCC1NN2C(CN3CC(CC(F)(F)Cl)NC3O)=C(C(F)F)NC2S1. The van der Waals surface area contributed by atoms with Gasteiger partial charge in [-0.15, -0.1) is 0 Å². The molecule has 3 aliphatic heterocycles. The van der Waals surface area contributed by atoms with Crippen molar-refractivity contribution in [1.29, 1.82) is 0 Å². The maximum Gasteiger partial charge on any atom is 0.323 e. The number of alkyl halides is 5. The predicted molar refractivity (Wildman–Crippen MR) is 88.1 cm³/mol. The van der Waals surface area contributed by atoms with Gasteiger partial charge in [0, 0.05) is 32.7 Å². The number of methoxy groups -OCH3 is 1. The van der Waals surface area contributed by atoms with Crippen LogP contribution >= 0.6 is 23.4 Å². The average Bonchev–Trinajstić information content (AvgIpc) is 3.13. The first-order valence-electron chi connectivity index (χ1n) is 7.90. The molecule has 4 unspecified atom stereocenters. The van der Waals surface area contributed by atoms with Crippen LogP contribution in [0.15, 0.2) is 11.4 Å². The van der Waals surface area contributed by atoms with Gasteiger partial charge in [0.1, 0.15) is 5.70 Å². The molecule has 0 bridgehead atoms. The van der Waals surface area contributed by atoms with E-state index in [1.54, 1.807) is 12.1 Å². The van der Waals surface area contributed by atoms with E-state index in [0.29, 0.717) is 6.61 Å². The van der Waals surface area contributed by atoms with Crippen LogP contribution in [0.3, 0.4) is 0 Å². The molecule has 0 saturated carbocycles. The van der Waals surface area contributed by atoms with Crippen molar-refractivity contribution < 1.29 is 27.4 Å². The van der Waals surface area contributed by atoms with Crippen LogP contribution in [0.1, 0.15) is 6.42 Å². The Balaban J connectivity index is 1.69. The van der Waals surface area contributed by atoms with Crippen molar-refractivity contribution in [3.8, 4) is 0 Å². The quantitative estimate of drug-likeness (QED) is 0.353. The Bertz CT molecular complexity index is 555. The molecule has 0 aliphatic carbocycles. The Kier molecular flexibility index (Phi) is 6.12. The Morgan fingerprint density at radius 3 is 2.81 bits per heavy atom. The second kappa shape index (κ2) is 7.86. The largest absolute Gasteiger partial charge is 0.382 e. The molecule has 26 heavy (non-hydrogen) atoms. The molecular formula is C13H20ClF4N5O2S. The lowest BCUT2D eigenvalue weighted by Gasteiger charge is -2.26. The first-order chi connectivity index (χ1) is 12.2.